The smallest absolute Gasteiger partial charge is 0.225 e. The quantitative estimate of drug-likeness (QED) is 0.810. The molecule has 4 heteroatoms. The van der Waals surface area contributed by atoms with Gasteiger partial charge in [-0.05, 0) is 38.0 Å². The predicted molar refractivity (Wildman–Crippen MR) is 71.1 cm³/mol. The van der Waals surface area contributed by atoms with E-state index in [9.17, 15) is 4.79 Å². The van der Waals surface area contributed by atoms with Crippen LogP contribution in [0.25, 0.3) is 0 Å². The van der Waals surface area contributed by atoms with Gasteiger partial charge in [0, 0.05) is 32.2 Å². The third kappa shape index (κ3) is 3.04. The molecule has 1 aliphatic heterocycles. The maximum absolute atomic E-state index is 12.4. The van der Waals surface area contributed by atoms with Crippen molar-refractivity contribution in [3.05, 3.63) is 0 Å². The molecule has 104 valence electrons. The molecule has 18 heavy (non-hydrogen) atoms. The van der Waals surface area contributed by atoms with E-state index in [1.165, 1.54) is 0 Å². The van der Waals surface area contributed by atoms with Crippen LogP contribution < -0.4 is 5.73 Å². The van der Waals surface area contributed by atoms with Crippen molar-refractivity contribution in [1.82, 2.24) is 4.90 Å². The number of likely N-dealkylation sites (tertiary alicyclic amines) is 1. The molecule has 0 aromatic carbocycles. The molecule has 0 aromatic heterocycles. The first-order valence-electron chi connectivity index (χ1n) is 7.19. The van der Waals surface area contributed by atoms with Crippen molar-refractivity contribution in [2.45, 2.75) is 51.2 Å². The summed E-state index contributed by atoms with van der Waals surface area (Å²) in [5.74, 6) is 1.05. The van der Waals surface area contributed by atoms with Crippen LogP contribution in [0.4, 0.5) is 0 Å². The summed E-state index contributed by atoms with van der Waals surface area (Å²) in [6.45, 7) is 3.88. The number of nitrogens with two attached hydrogens (primary N) is 1. The van der Waals surface area contributed by atoms with Crippen LogP contribution in [0.2, 0.25) is 0 Å². The molecule has 1 heterocycles. The number of carbonyl (C=O) groups is 1. The van der Waals surface area contributed by atoms with Crippen molar-refractivity contribution in [2.24, 2.45) is 17.6 Å². The second-order valence-electron chi connectivity index (χ2n) is 5.91. The molecule has 4 nitrogen and oxygen atoms in total. The molecule has 1 saturated heterocycles. The van der Waals surface area contributed by atoms with Gasteiger partial charge in [0.25, 0.3) is 0 Å². The molecule has 2 rings (SSSR count). The summed E-state index contributed by atoms with van der Waals surface area (Å²) >= 11 is 0. The van der Waals surface area contributed by atoms with Crippen LogP contribution in [0.3, 0.4) is 0 Å². The first-order valence-corrected chi connectivity index (χ1v) is 7.19. The summed E-state index contributed by atoms with van der Waals surface area (Å²) in [5, 5.41) is 0. The van der Waals surface area contributed by atoms with Gasteiger partial charge in [0.15, 0.2) is 0 Å². The minimum absolute atomic E-state index is 0.162. The van der Waals surface area contributed by atoms with Gasteiger partial charge in [-0.15, -0.1) is 0 Å². The summed E-state index contributed by atoms with van der Waals surface area (Å²) in [7, 11) is 1.75. The van der Waals surface area contributed by atoms with E-state index in [1.54, 1.807) is 7.11 Å². The zero-order valence-electron chi connectivity index (χ0n) is 11.6. The van der Waals surface area contributed by atoms with Gasteiger partial charge in [-0.25, -0.2) is 0 Å². The third-order valence-corrected chi connectivity index (χ3v) is 4.69. The molecular weight excluding hydrogens is 228 g/mol. The first kappa shape index (κ1) is 13.8. The normalized spacial score (nSPS) is 34.6. The number of ether oxygens (including phenoxy) is 1. The summed E-state index contributed by atoms with van der Waals surface area (Å²) in [6.07, 6.45) is 5.24. The van der Waals surface area contributed by atoms with Gasteiger partial charge in [-0.2, -0.15) is 0 Å². The van der Waals surface area contributed by atoms with Crippen molar-refractivity contribution in [3.63, 3.8) is 0 Å². The summed E-state index contributed by atoms with van der Waals surface area (Å²) < 4.78 is 5.34. The van der Waals surface area contributed by atoms with E-state index in [0.717, 1.165) is 45.2 Å². The van der Waals surface area contributed by atoms with Gasteiger partial charge in [0.2, 0.25) is 5.91 Å². The number of carbonyl (C=O) groups excluding carboxylic acids is 1. The minimum atomic E-state index is 0.162. The topological polar surface area (TPSA) is 55.6 Å². The van der Waals surface area contributed by atoms with Gasteiger partial charge in [0.1, 0.15) is 0 Å². The van der Waals surface area contributed by atoms with Crippen LogP contribution >= 0.6 is 0 Å². The Labute approximate surface area is 110 Å². The van der Waals surface area contributed by atoms with Crippen molar-refractivity contribution >= 4 is 5.91 Å². The summed E-state index contributed by atoms with van der Waals surface area (Å²) in [5.41, 5.74) is 6.09. The van der Waals surface area contributed by atoms with Crippen molar-refractivity contribution in [2.75, 3.05) is 20.2 Å². The summed E-state index contributed by atoms with van der Waals surface area (Å²) in [4.78, 5) is 14.4. The molecular formula is C14H26N2O2. The number of piperidine rings is 1. The Hall–Kier alpha value is -0.610. The standard InChI is InChI=1S/C14H26N2O2/c1-10-3-4-11(9-13(10)15)14(17)16-7-5-12(18-2)6-8-16/h10-13H,3-9,15H2,1-2H3. The highest BCUT2D eigenvalue weighted by atomic mass is 16.5. The van der Waals surface area contributed by atoms with E-state index in [1.807, 2.05) is 4.90 Å². The molecule has 3 atom stereocenters. The molecule has 1 saturated carbocycles. The van der Waals surface area contributed by atoms with E-state index >= 15 is 0 Å². The fraction of sp³-hybridized carbons (Fsp3) is 0.929. The maximum atomic E-state index is 12.4. The number of hydrogen-bond donors (Lipinski definition) is 1. The number of methoxy groups -OCH3 is 1. The van der Waals surface area contributed by atoms with Gasteiger partial charge < -0.3 is 15.4 Å². The highest BCUT2D eigenvalue weighted by Gasteiger charge is 2.33. The van der Waals surface area contributed by atoms with Crippen molar-refractivity contribution in [1.29, 1.82) is 0 Å². The van der Waals surface area contributed by atoms with E-state index < -0.39 is 0 Å². The van der Waals surface area contributed by atoms with E-state index in [4.69, 9.17) is 10.5 Å². The molecule has 1 amide bonds. The van der Waals surface area contributed by atoms with Crippen LogP contribution in [0.5, 0.6) is 0 Å². The Morgan fingerprint density at radius 3 is 2.44 bits per heavy atom. The number of amides is 1. The largest absolute Gasteiger partial charge is 0.381 e. The lowest BCUT2D eigenvalue weighted by atomic mass is 9.79. The van der Waals surface area contributed by atoms with Crippen LogP contribution in [0, 0.1) is 11.8 Å². The zero-order valence-corrected chi connectivity index (χ0v) is 11.6. The highest BCUT2D eigenvalue weighted by molar-refractivity contribution is 5.79. The summed E-state index contributed by atoms with van der Waals surface area (Å²) in [6, 6.07) is 0.198. The molecule has 0 radical (unpaired) electrons. The number of hydrogen-bond acceptors (Lipinski definition) is 3. The molecule has 2 fully saturated rings. The molecule has 1 aliphatic carbocycles. The molecule has 0 aromatic rings. The molecule has 2 aliphatic rings. The maximum Gasteiger partial charge on any atom is 0.225 e. The van der Waals surface area contributed by atoms with Gasteiger partial charge in [-0.1, -0.05) is 6.92 Å². The van der Waals surface area contributed by atoms with Gasteiger partial charge in [-0.3, -0.25) is 4.79 Å². The third-order valence-electron chi connectivity index (χ3n) is 4.69. The molecule has 2 N–H and O–H groups in total. The highest BCUT2D eigenvalue weighted by Crippen LogP contribution is 2.29. The Bertz CT molecular complexity index is 288. The molecule has 0 bridgehead atoms. The fourth-order valence-electron chi connectivity index (χ4n) is 3.15. The Morgan fingerprint density at radius 1 is 1.22 bits per heavy atom. The number of rotatable bonds is 2. The van der Waals surface area contributed by atoms with E-state index in [0.29, 0.717) is 17.9 Å². The lowest BCUT2D eigenvalue weighted by Gasteiger charge is -2.37. The van der Waals surface area contributed by atoms with Gasteiger partial charge >= 0.3 is 0 Å². The first-order chi connectivity index (χ1) is 8.61. The Kier molecular flexibility index (Phi) is 4.62. The predicted octanol–water partition coefficient (Wildman–Crippen LogP) is 1.39. The van der Waals surface area contributed by atoms with Gasteiger partial charge in [0.05, 0.1) is 6.10 Å². The Balaban J connectivity index is 1.84. The second-order valence-corrected chi connectivity index (χ2v) is 5.91. The zero-order chi connectivity index (χ0) is 13.1. The van der Waals surface area contributed by atoms with E-state index in [2.05, 4.69) is 6.92 Å². The van der Waals surface area contributed by atoms with Crippen LogP contribution in [0.1, 0.15) is 39.0 Å². The lowest BCUT2D eigenvalue weighted by Crippen LogP contribution is -2.46. The average molecular weight is 254 g/mol. The van der Waals surface area contributed by atoms with E-state index in [-0.39, 0.29) is 12.0 Å². The van der Waals surface area contributed by atoms with Crippen LogP contribution in [0.15, 0.2) is 0 Å². The fourth-order valence-corrected chi connectivity index (χ4v) is 3.15. The second kappa shape index (κ2) is 6.02. The monoisotopic (exact) mass is 254 g/mol. The van der Waals surface area contributed by atoms with Crippen molar-refractivity contribution in [3.8, 4) is 0 Å². The minimum Gasteiger partial charge on any atom is -0.381 e. The van der Waals surface area contributed by atoms with Crippen molar-refractivity contribution < 1.29 is 9.53 Å². The van der Waals surface area contributed by atoms with Crippen LogP contribution in [-0.2, 0) is 9.53 Å². The average Bonchev–Trinajstić information content (AvgIpc) is 2.41. The Morgan fingerprint density at radius 2 is 1.89 bits per heavy atom. The molecule has 0 spiro atoms. The lowest BCUT2D eigenvalue weighted by molar-refractivity contribution is -0.139. The molecule has 3 unspecified atom stereocenters. The number of nitrogens with zero attached hydrogens (tertiary/aromatic N) is 1. The van der Waals surface area contributed by atoms with Crippen LogP contribution in [-0.4, -0.2) is 43.2 Å². The SMILES string of the molecule is COC1CCN(C(=O)C2CCC(C)C(N)C2)CC1.